The van der Waals surface area contributed by atoms with Crippen LogP contribution in [-0.4, -0.2) is 6.04 Å². The van der Waals surface area contributed by atoms with Crippen LogP contribution < -0.4 is 5.73 Å². The summed E-state index contributed by atoms with van der Waals surface area (Å²) in [6.07, 6.45) is 6.02. The molecule has 0 aliphatic heterocycles. The monoisotopic (exact) mass is 327 g/mol. The number of rotatable bonds is 3. The van der Waals surface area contributed by atoms with Crippen LogP contribution >= 0.6 is 23.2 Å². The fraction of sp³-hybridized carbons (Fsp3) is 0.667. The van der Waals surface area contributed by atoms with Crippen molar-refractivity contribution in [3.63, 3.8) is 0 Å². The SMILES string of the molecule is CC(C)(C)C1CCC(C(N)Cc2ccc(Cl)c(Cl)c2)CC1. The van der Waals surface area contributed by atoms with Crippen LogP contribution in [0.25, 0.3) is 0 Å². The molecule has 118 valence electrons. The Labute approximate surface area is 139 Å². The maximum Gasteiger partial charge on any atom is 0.0595 e. The number of hydrogen-bond acceptors (Lipinski definition) is 1. The predicted molar refractivity (Wildman–Crippen MR) is 93.0 cm³/mol. The maximum atomic E-state index is 6.45. The zero-order valence-electron chi connectivity index (χ0n) is 13.3. The molecule has 0 amide bonds. The molecule has 21 heavy (non-hydrogen) atoms. The van der Waals surface area contributed by atoms with Crippen molar-refractivity contribution in [2.75, 3.05) is 0 Å². The molecular weight excluding hydrogens is 301 g/mol. The zero-order valence-corrected chi connectivity index (χ0v) is 14.8. The Morgan fingerprint density at radius 1 is 1.10 bits per heavy atom. The maximum absolute atomic E-state index is 6.45. The van der Waals surface area contributed by atoms with E-state index in [4.69, 9.17) is 28.9 Å². The highest BCUT2D eigenvalue weighted by atomic mass is 35.5. The molecule has 1 atom stereocenters. The van der Waals surface area contributed by atoms with Gasteiger partial charge < -0.3 is 5.73 Å². The number of benzene rings is 1. The average molecular weight is 328 g/mol. The van der Waals surface area contributed by atoms with Gasteiger partial charge in [-0.2, -0.15) is 0 Å². The van der Waals surface area contributed by atoms with Gasteiger partial charge >= 0.3 is 0 Å². The summed E-state index contributed by atoms with van der Waals surface area (Å²) < 4.78 is 0. The van der Waals surface area contributed by atoms with Gasteiger partial charge in [-0.15, -0.1) is 0 Å². The lowest BCUT2D eigenvalue weighted by atomic mass is 9.68. The minimum absolute atomic E-state index is 0.225. The molecule has 0 saturated heterocycles. The van der Waals surface area contributed by atoms with Gasteiger partial charge in [-0.25, -0.2) is 0 Å². The second kappa shape index (κ2) is 6.89. The fourth-order valence-electron chi connectivity index (χ4n) is 3.52. The first-order chi connectivity index (χ1) is 9.77. The van der Waals surface area contributed by atoms with Gasteiger partial charge in [-0.3, -0.25) is 0 Å². The molecular formula is C18H27Cl2N. The van der Waals surface area contributed by atoms with E-state index in [9.17, 15) is 0 Å². The van der Waals surface area contributed by atoms with Gasteiger partial charge in [0.25, 0.3) is 0 Å². The van der Waals surface area contributed by atoms with Gasteiger partial charge in [0.2, 0.25) is 0 Å². The van der Waals surface area contributed by atoms with Gasteiger partial charge in [-0.1, -0.05) is 50.0 Å². The highest BCUT2D eigenvalue weighted by Gasteiger charge is 2.31. The van der Waals surface area contributed by atoms with Crippen LogP contribution in [0, 0.1) is 17.3 Å². The number of hydrogen-bond donors (Lipinski definition) is 1. The van der Waals surface area contributed by atoms with Crippen LogP contribution in [0.4, 0.5) is 0 Å². The molecule has 1 nitrogen and oxygen atoms in total. The van der Waals surface area contributed by atoms with E-state index in [1.807, 2.05) is 18.2 Å². The van der Waals surface area contributed by atoms with Crippen molar-refractivity contribution in [3.8, 4) is 0 Å². The molecule has 1 aromatic carbocycles. The van der Waals surface area contributed by atoms with Gasteiger partial charge in [-0.05, 0) is 67.1 Å². The summed E-state index contributed by atoms with van der Waals surface area (Å²) in [4.78, 5) is 0. The Morgan fingerprint density at radius 2 is 1.71 bits per heavy atom. The summed E-state index contributed by atoms with van der Waals surface area (Å²) >= 11 is 12.0. The standard InChI is InChI=1S/C18H27Cl2N/c1-18(2,3)14-7-5-13(6-8-14)17(21)11-12-4-9-15(19)16(20)10-12/h4,9-10,13-14,17H,5-8,11,21H2,1-3H3. The van der Waals surface area contributed by atoms with Crippen LogP contribution in [0.2, 0.25) is 10.0 Å². The first-order valence-corrected chi connectivity index (χ1v) is 8.72. The summed E-state index contributed by atoms with van der Waals surface area (Å²) in [6.45, 7) is 7.06. The van der Waals surface area contributed by atoms with Crippen LogP contribution in [-0.2, 0) is 6.42 Å². The third-order valence-corrected chi connectivity index (χ3v) is 5.80. The molecule has 0 spiro atoms. The van der Waals surface area contributed by atoms with E-state index in [0.717, 1.165) is 12.3 Å². The van der Waals surface area contributed by atoms with Crippen LogP contribution in [0.1, 0.15) is 52.0 Å². The minimum atomic E-state index is 0.225. The van der Waals surface area contributed by atoms with E-state index in [1.54, 1.807) is 0 Å². The molecule has 1 aromatic rings. The van der Waals surface area contributed by atoms with Crippen molar-refractivity contribution < 1.29 is 0 Å². The Bertz CT molecular complexity index is 471. The minimum Gasteiger partial charge on any atom is -0.327 e. The lowest BCUT2D eigenvalue weighted by Gasteiger charge is -2.38. The van der Waals surface area contributed by atoms with Gasteiger partial charge in [0.05, 0.1) is 10.0 Å². The second-order valence-electron chi connectivity index (χ2n) is 7.59. The lowest BCUT2D eigenvalue weighted by molar-refractivity contribution is 0.139. The van der Waals surface area contributed by atoms with Crippen molar-refractivity contribution in [1.82, 2.24) is 0 Å². The Morgan fingerprint density at radius 3 is 2.24 bits per heavy atom. The molecule has 0 aromatic heterocycles. The molecule has 0 heterocycles. The van der Waals surface area contributed by atoms with E-state index in [2.05, 4.69) is 20.8 Å². The molecule has 1 unspecified atom stereocenters. The van der Waals surface area contributed by atoms with E-state index < -0.39 is 0 Å². The third-order valence-electron chi connectivity index (χ3n) is 5.06. The fourth-order valence-corrected chi connectivity index (χ4v) is 3.84. The predicted octanol–water partition coefficient (Wildman–Crippen LogP) is 5.72. The first kappa shape index (κ1) is 17.1. The highest BCUT2D eigenvalue weighted by molar-refractivity contribution is 6.42. The summed E-state index contributed by atoms with van der Waals surface area (Å²) in [5.41, 5.74) is 8.07. The van der Waals surface area contributed by atoms with Crippen LogP contribution in [0.15, 0.2) is 18.2 Å². The van der Waals surface area contributed by atoms with E-state index in [0.29, 0.717) is 21.4 Å². The van der Waals surface area contributed by atoms with Crippen molar-refractivity contribution in [2.45, 2.75) is 58.9 Å². The Kier molecular flexibility index (Phi) is 5.62. The zero-order chi connectivity index (χ0) is 15.6. The number of nitrogens with two attached hydrogens (primary N) is 1. The highest BCUT2D eigenvalue weighted by Crippen LogP contribution is 2.40. The van der Waals surface area contributed by atoms with E-state index in [-0.39, 0.29) is 6.04 Å². The average Bonchev–Trinajstić information content (AvgIpc) is 2.42. The summed E-state index contributed by atoms with van der Waals surface area (Å²) in [6, 6.07) is 6.07. The van der Waals surface area contributed by atoms with E-state index in [1.165, 1.54) is 31.2 Å². The topological polar surface area (TPSA) is 26.0 Å². The van der Waals surface area contributed by atoms with Crippen LogP contribution in [0.5, 0.6) is 0 Å². The largest absolute Gasteiger partial charge is 0.327 e. The second-order valence-corrected chi connectivity index (χ2v) is 8.41. The molecule has 2 N–H and O–H groups in total. The molecule has 1 fully saturated rings. The Hall–Kier alpha value is -0.240. The normalized spacial score (nSPS) is 24.9. The smallest absolute Gasteiger partial charge is 0.0595 e. The molecule has 0 radical (unpaired) electrons. The van der Waals surface area contributed by atoms with Crippen molar-refractivity contribution in [1.29, 1.82) is 0 Å². The molecule has 3 heteroatoms. The lowest BCUT2D eigenvalue weighted by Crippen LogP contribution is -2.36. The quantitative estimate of drug-likeness (QED) is 0.755. The van der Waals surface area contributed by atoms with Crippen LogP contribution in [0.3, 0.4) is 0 Å². The van der Waals surface area contributed by atoms with E-state index >= 15 is 0 Å². The molecule has 2 rings (SSSR count). The van der Waals surface area contributed by atoms with Crippen molar-refractivity contribution in [2.24, 2.45) is 23.0 Å². The first-order valence-electron chi connectivity index (χ1n) is 7.97. The number of halogens is 2. The van der Waals surface area contributed by atoms with Crippen molar-refractivity contribution >= 4 is 23.2 Å². The summed E-state index contributed by atoms with van der Waals surface area (Å²) in [7, 11) is 0. The third kappa shape index (κ3) is 4.61. The molecule has 1 aliphatic rings. The summed E-state index contributed by atoms with van der Waals surface area (Å²) in [5.74, 6) is 1.48. The Balaban J connectivity index is 1.90. The summed E-state index contributed by atoms with van der Waals surface area (Å²) in [5, 5.41) is 1.23. The van der Waals surface area contributed by atoms with Gasteiger partial charge in [0.1, 0.15) is 0 Å². The molecule has 1 saturated carbocycles. The van der Waals surface area contributed by atoms with Gasteiger partial charge in [0, 0.05) is 6.04 Å². The van der Waals surface area contributed by atoms with Gasteiger partial charge in [0.15, 0.2) is 0 Å². The molecule has 1 aliphatic carbocycles. The molecule has 0 bridgehead atoms. The van der Waals surface area contributed by atoms with Crippen molar-refractivity contribution in [3.05, 3.63) is 33.8 Å².